The second-order valence-corrected chi connectivity index (χ2v) is 7.45. The van der Waals surface area contributed by atoms with Crippen LogP contribution in [0.5, 0.6) is 0 Å². The van der Waals surface area contributed by atoms with Gasteiger partial charge in [-0.25, -0.2) is 4.98 Å². The number of anilines is 1. The van der Waals surface area contributed by atoms with E-state index in [9.17, 15) is 0 Å². The van der Waals surface area contributed by atoms with Crippen LogP contribution in [0.25, 0.3) is 11.2 Å². The number of halogens is 1. The van der Waals surface area contributed by atoms with Crippen molar-refractivity contribution in [3.05, 3.63) is 23.3 Å². The number of aryl methyl sites for hydroxylation is 1. The Hall–Kier alpha value is -2.34. The molecule has 2 N–H and O–H groups in total. The number of nitrogens with zero attached hydrogens (tertiary/aromatic N) is 6. The summed E-state index contributed by atoms with van der Waals surface area (Å²) in [6, 6.07) is 0. The van der Waals surface area contributed by atoms with Crippen LogP contribution in [0.15, 0.2) is 10.9 Å². The van der Waals surface area contributed by atoms with E-state index in [1.807, 2.05) is 20.8 Å². The molecule has 3 aromatic rings. The number of hydrogen-bond donors (Lipinski definition) is 1. The van der Waals surface area contributed by atoms with Crippen molar-refractivity contribution in [3.63, 3.8) is 0 Å². The number of nitrogen functional groups attached to an aromatic ring is 1. The summed E-state index contributed by atoms with van der Waals surface area (Å²) in [5.74, 6) is 0.322. The molecule has 5 heterocycles. The van der Waals surface area contributed by atoms with E-state index in [4.69, 9.17) is 36.1 Å². The summed E-state index contributed by atoms with van der Waals surface area (Å²) in [6.07, 6.45) is 0.107. The summed E-state index contributed by atoms with van der Waals surface area (Å²) < 4.78 is 25.5. The fourth-order valence-corrected chi connectivity index (χ4v) is 3.79. The Bertz CT molecular complexity index is 1050. The van der Waals surface area contributed by atoms with Crippen molar-refractivity contribution in [2.45, 2.75) is 57.5 Å². The van der Waals surface area contributed by atoms with Gasteiger partial charge in [-0.3, -0.25) is 4.57 Å². The number of ether oxygens (including phenoxy) is 3. The molecule has 0 radical (unpaired) electrons. The number of nitrogens with two attached hydrogens (primary N) is 1. The lowest BCUT2D eigenvalue weighted by Crippen LogP contribution is -2.27. The molecule has 2 aliphatic heterocycles. The molecule has 0 aliphatic carbocycles. The van der Waals surface area contributed by atoms with Gasteiger partial charge >= 0.3 is 0 Å². The van der Waals surface area contributed by atoms with E-state index in [0.717, 1.165) is 0 Å². The highest BCUT2D eigenvalue weighted by Gasteiger charge is 2.58. The summed E-state index contributed by atoms with van der Waals surface area (Å²) >= 11 is 5.99. The van der Waals surface area contributed by atoms with Gasteiger partial charge in [0.2, 0.25) is 5.28 Å². The van der Waals surface area contributed by atoms with E-state index in [-0.39, 0.29) is 11.1 Å². The summed E-state index contributed by atoms with van der Waals surface area (Å²) in [5.41, 5.74) is 6.78. The van der Waals surface area contributed by atoms with Crippen LogP contribution in [-0.4, -0.2) is 47.7 Å². The number of aromatic nitrogens is 6. The highest BCUT2D eigenvalue weighted by atomic mass is 35.5. The minimum absolute atomic E-state index is 0.0197. The van der Waals surface area contributed by atoms with E-state index in [0.29, 0.717) is 29.3 Å². The molecule has 0 saturated carbocycles. The van der Waals surface area contributed by atoms with E-state index < -0.39 is 30.3 Å². The molecule has 5 rings (SSSR count). The molecule has 0 spiro atoms. The van der Waals surface area contributed by atoms with Gasteiger partial charge in [0.1, 0.15) is 17.7 Å². The molecular weight excluding hydrogens is 390 g/mol. The Morgan fingerprint density at radius 2 is 2.00 bits per heavy atom. The average Bonchev–Trinajstić information content (AvgIpc) is 3.36. The Kier molecular flexibility index (Phi) is 3.85. The molecule has 2 saturated heterocycles. The molecule has 0 amide bonds. The SMILES string of the molecule is CCc1noc([C@H]2O[C@@H](n3cnc4c(N)nc(Cl)nc43)[C@@H]3OC(C)(C)O[C@@H]32)n1. The third-order valence-corrected chi connectivity index (χ3v) is 4.94. The minimum Gasteiger partial charge on any atom is -0.382 e. The highest BCUT2D eigenvalue weighted by molar-refractivity contribution is 6.28. The number of rotatable bonds is 3. The van der Waals surface area contributed by atoms with Crippen molar-refractivity contribution in [1.82, 2.24) is 29.7 Å². The number of hydrogen-bond acceptors (Lipinski definition) is 10. The van der Waals surface area contributed by atoms with Gasteiger partial charge in [0.25, 0.3) is 5.89 Å². The Morgan fingerprint density at radius 3 is 2.75 bits per heavy atom. The van der Waals surface area contributed by atoms with Gasteiger partial charge in [-0.1, -0.05) is 12.1 Å². The summed E-state index contributed by atoms with van der Waals surface area (Å²) in [6.45, 7) is 5.63. The minimum atomic E-state index is -0.800. The quantitative estimate of drug-likeness (QED) is 0.639. The first-order chi connectivity index (χ1) is 13.4. The molecule has 0 bridgehead atoms. The zero-order valence-corrected chi connectivity index (χ0v) is 16.1. The maximum absolute atomic E-state index is 6.23. The molecule has 2 fully saturated rings. The van der Waals surface area contributed by atoms with Crippen molar-refractivity contribution >= 4 is 28.6 Å². The van der Waals surface area contributed by atoms with Crippen LogP contribution in [0.4, 0.5) is 5.82 Å². The first-order valence-corrected chi connectivity index (χ1v) is 9.23. The monoisotopic (exact) mass is 407 g/mol. The van der Waals surface area contributed by atoms with Gasteiger partial charge in [0, 0.05) is 6.42 Å². The first-order valence-electron chi connectivity index (χ1n) is 8.85. The Balaban J connectivity index is 1.58. The fourth-order valence-electron chi connectivity index (χ4n) is 3.62. The zero-order valence-electron chi connectivity index (χ0n) is 15.4. The van der Waals surface area contributed by atoms with Crippen molar-refractivity contribution < 1.29 is 18.7 Å². The molecular formula is C16H18ClN7O4. The van der Waals surface area contributed by atoms with Crippen LogP contribution in [0.1, 0.15) is 44.8 Å². The van der Waals surface area contributed by atoms with Crippen molar-refractivity contribution in [2.24, 2.45) is 0 Å². The molecule has 11 nitrogen and oxygen atoms in total. The summed E-state index contributed by atoms with van der Waals surface area (Å²) in [4.78, 5) is 16.9. The molecule has 148 valence electrons. The second kappa shape index (κ2) is 6.08. The van der Waals surface area contributed by atoms with Crippen LogP contribution in [0.3, 0.4) is 0 Å². The molecule has 28 heavy (non-hydrogen) atoms. The smallest absolute Gasteiger partial charge is 0.258 e. The van der Waals surface area contributed by atoms with Gasteiger partial charge in [0.15, 0.2) is 35.4 Å². The van der Waals surface area contributed by atoms with Crippen LogP contribution in [-0.2, 0) is 20.6 Å². The van der Waals surface area contributed by atoms with E-state index in [1.54, 1.807) is 10.9 Å². The normalized spacial score (nSPS) is 28.9. The molecule has 12 heteroatoms. The Morgan fingerprint density at radius 1 is 1.21 bits per heavy atom. The Labute approximate surface area is 164 Å². The standard InChI is InChI=1S/C16H18ClN7O4/c1-4-6-20-13(28-23-6)9-8-10(27-16(2,3)26-8)14(25-9)24-5-19-7-11(18)21-15(17)22-12(7)24/h5,8-10,14H,4H2,1-3H3,(H2,18,21,22)/t8-,9+,10-,14-/m1/s1. The van der Waals surface area contributed by atoms with Gasteiger partial charge in [0.05, 0.1) is 6.33 Å². The third kappa shape index (κ3) is 2.65. The van der Waals surface area contributed by atoms with Crippen molar-refractivity contribution in [1.29, 1.82) is 0 Å². The topological polar surface area (TPSA) is 136 Å². The first kappa shape index (κ1) is 17.7. The number of fused-ring (bicyclic) bond motifs is 2. The molecule has 0 unspecified atom stereocenters. The molecule has 2 aliphatic rings. The molecule has 0 aromatic carbocycles. The van der Waals surface area contributed by atoms with Gasteiger partial charge in [-0.05, 0) is 25.4 Å². The third-order valence-electron chi connectivity index (χ3n) is 4.77. The van der Waals surface area contributed by atoms with Gasteiger partial charge < -0.3 is 24.5 Å². The lowest BCUT2D eigenvalue weighted by Gasteiger charge is -2.23. The lowest BCUT2D eigenvalue weighted by molar-refractivity contribution is -0.199. The average molecular weight is 408 g/mol. The highest BCUT2D eigenvalue weighted by Crippen LogP contribution is 2.49. The van der Waals surface area contributed by atoms with Crippen molar-refractivity contribution in [3.8, 4) is 0 Å². The largest absolute Gasteiger partial charge is 0.382 e. The van der Waals surface area contributed by atoms with E-state index in [1.165, 1.54) is 0 Å². The maximum Gasteiger partial charge on any atom is 0.258 e. The lowest BCUT2D eigenvalue weighted by atomic mass is 10.1. The van der Waals surface area contributed by atoms with E-state index >= 15 is 0 Å². The predicted molar refractivity (Wildman–Crippen MR) is 95.1 cm³/mol. The van der Waals surface area contributed by atoms with Crippen LogP contribution >= 0.6 is 11.6 Å². The fraction of sp³-hybridized carbons (Fsp3) is 0.562. The second-order valence-electron chi connectivity index (χ2n) is 7.12. The zero-order chi connectivity index (χ0) is 19.6. The van der Waals surface area contributed by atoms with Gasteiger partial charge in [-0.2, -0.15) is 15.0 Å². The van der Waals surface area contributed by atoms with Crippen LogP contribution in [0, 0.1) is 0 Å². The molecule has 3 aromatic heterocycles. The van der Waals surface area contributed by atoms with Crippen LogP contribution < -0.4 is 5.73 Å². The van der Waals surface area contributed by atoms with E-state index in [2.05, 4.69) is 25.1 Å². The van der Waals surface area contributed by atoms with Crippen LogP contribution in [0.2, 0.25) is 5.28 Å². The van der Waals surface area contributed by atoms with Gasteiger partial charge in [-0.15, -0.1) is 0 Å². The molecule has 4 atom stereocenters. The summed E-state index contributed by atoms with van der Waals surface area (Å²) in [5, 5.41) is 3.97. The predicted octanol–water partition coefficient (Wildman–Crippen LogP) is 1.80. The summed E-state index contributed by atoms with van der Waals surface area (Å²) in [7, 11) is 0. The maximum atomic E-state index is 6.23. The van der Waals surface area contributed by atoms with Crippen molar-refractivity contribution in [2.75, 3.05) is 5.73 Å². The number of imidazole rings is 1.